The zero-order chi connectivity index (χ0) is 68.6. The fourth-order valence-corrected chi connectivity index (χ4v) is 12.9. The fraction of sp³-hybridized carbons (Fsp3) is 0.946. The Morgan fingerprint density at radius 3 is 0.731 bits per heavy atom. The van der Waals surface area contributed by atoms with Gasteiger partial charge in [0.15, 0.2) is 12.2 Å². The maximum absolute atomic E-state index is 13.1. The first-order valence-electron chi connectivity index (χ1n) is 38.5. The van der Waals surface area contributed by atoms with Gasteiger partial charge in [0.2, 0.25) is 0 Å². The molecule has 0 spiro atoms. The summed E-state index contributed by atoms with van der Waals surface area (Å²) in [5, 5.41) is 10.6. The maximum Gasteiger partial charge on any atom is 0.472 e. The smallest absolute Gasteiger partial charge is 0.462 e. The van der Waals surface area contributed by atoms with Gasteiger partial charge >= 0.3 is 39.5 Å². The minimum Gasteiger partial charge on any atom is -0.462 e. The molecule has 3 N–H and O–H groups in total. The van der Waals surface area contributed by atoms with E-state index in [0.717, 1.165) is 108 Å². The van der Waals surface area contributed by atoms with Crippen LogP contribution in [0.5, 0.6) is 0 Å². The molecular weight excluding hydrogens is 1220 g/mol. The normalized spacial score (nSPS) is 14.1. The second kappa shape index (κ2) is 66.0. The van der Waals surface area contributed by atoms with Crippen molar-refractivity contribution in [1.82, 2.24) is 0 Å². The number of hydrogen-bond donors (Lipinski definition) is 3. The summed E-state index contributed by atoms with van der Waals surface area (Å²) >= 11 is 0. The third-order valence-corrected chi connectivity index (χ3v) is 19.1. The molecule has 0 amide bonds. The Bertz CT molecular complexity index is 1800. The molecule has 0 aliphatic heterocycles. The first-order chi connectivity index (χ1) is 44.9. The molecule has 2 unspecified atom stereocenters. The highest BCUT2D eigenvalue weighted by atomic mass is 31.2. The summed E-state index contributed by atoms with van der Waals surface area (Å²) in [4.78, 5) is 72.6. The minimum absolute atomic E-state index is 0.106. The number of ether oxygens (including phenoxy) is 4. The number of aliphatic hydroxyl groups is 1. The Morgan fingerprint density at radius 1 is 0.290 bits per heavy atom. The van der Waals surface area contributed by atoms with Gasteiger partial charge in [0.25, 0.3) is 0 Å². The number of carbonyl (C=O) groups is 4. The van der Waals surface area contributed by atoms with Gasteiger partial charge in [-0.1, -0.05) is 330 Å². The summed E-state index contributed by atoms with van der Waals surface area (Å²) in [5.74, 6) is -0.565. The van der Waals surface area contributed by atoms with Gasteiger partial charge in [-0.25, -0.2) is 9.13 Å². The van der Waals surface area contributed by atoms with Crippen molar-refractivity contribution >= 4 is 39.5 Å². The molecule has 0 bridgehead atoms. The van der Waals surface area contributed by atoms with Gasteiger partial charge in [0.1, 0.15) is 19.3 Å². The van der Waals surface area contributed by atoms with Crippen LogP contribution >= 0.6 is 15.6 Å². The van der Waals surface area contributed by atoms with Crippen molar-refractivity contribution in [2.75, 3.05) is 39.6 Å². The van der Waals surface area contributed by atoms with E-state index in [1.165, 1.54) is 193 Å². The Labute approximate surface area is 568 Å². The van der Waals surface area contributed by atoms with E-state index in [2.05, 4.69) is 41.5 Å². The summed E-state index contributed by atoms with van der Waals surface area (Å²) in [7, 11) is -9.90. The van der Waals surface area contributed by atoms with Crippen LogP contribution < -0.4 is 0 Å². The molecule has 552 valence electrons. The lowest BCUT2D eigenvalue weighted by molar-refractivity contribution is -0.161. The second-order valence-electron chi connectivity index (χ2n) is 27.6. The van der Waals surface area contributed by atoms with Gasteiger partial charge in [0.05, 0.1) is 26.4 Å². The summed E-state index contributed by atoms with van der Waals surface area (Å²) in [6.45, 7) is 9.58. The molecule has 0 saturated heterocycles. The first-order valence-corrected chi connectivity index (χ1v) is 41.5. The van der Waals surface area contributed by atoms with E-state index in [4.69, 9.17) is 37.0 Å². The van der Waals surface area contributed by atoms with Crippen LogP contribution in [0.15, 0.2) is 0 Å². The van der Waals surface area contributed by atoms with Crippen molar-refractivity contribution in [3.05, 3.63) is 0 Å². The van der Waals surface area contributed by atoms with Gasteiger partial charge in [-0.05, 0) is 37.5 Å². The van der Waals surface area contributed by atoms with Crippen LogP contribution in [0.4, 0.5) is 0 Å². The molecular formula is C74H144O17P2. The number of unbranched alkanes of at least 4 members (excludes halogenated alkanes) is 43. The van der Waals surface area contributed by atoms with Gasteiger partial charge < -0.3 is 33.8 Å². The molecule has 5 atom stereocenters. The lowest BCUT2D eigenvalue weighted by Crippen LogP contribution is -2.30. The number of phosphoric acid groups is 2. The van der Waals surface area contributed by atoms with Crippen LogP contribution in [-0.2, 0) is 65.4 Å². The molecule has 0 aromatic carbocycles. The molecule has 0 fully saturated rings. The van der Waals surface area contributed by atoms with E-state index in [0.29, 0.717) is 25.7 Å². The van der Waals surface area contributed by atoms with Crippen molar-refractivity contribution in [1.29, 1.82) is 0 Å². The van der Waals surface area contributed by atoms with Crippen molar-refractivity contribution in [3.8, 4) is 0 Å². The van der Waals surface area contributed by atoms with Crippen molar-refractivity contribution in [3.63, 3.8) is 0 Å². The van der Waals surface area contributed by atoms with Gasteiger partial charge in [-0.15, -0.1) is 0 Å². The van der Waals surface area contributed by atoms with Crippen LogP contribution in [0, 0.1) is 11.8 Å². The van der Waals surface area contributed by atoms with Gasteiger partial charge in [-0.2, -0.15) is 0 Å². The zero-order valence-electron chi connectivity index (χ0n) is 60.6. The highest BCUT2D eigenvalue weighted by Gasteiger charge is 2.30. The average Bonchev–Trinajstić information content (AvgIpc) is 2.11. The zero-order valence-corrected chi connectivity index (χ0v) is 62.3. The molecule has 0 aliphatic rings. The van der Waals surface area contributed by atoms with Crippen LogP contribution in [0.1, 0.15) is 382 Å². The largest absolute Gasteiger partial charge is 0.472 e. The van der Waals surface area contributed by atoms with E-state index in [1.54, 1.807) is 0 Å². The molecule has 0 aromatic heterocycles. The van der Waals surface area contributed by atoms with Crippen LogP contribution in [0.25, 0.3) is 0 Å². The molecule has 17 nitrogen and oxygen atoms in total. The molecule has 0 aromatic rings. The van der Waals surface area contributed by atoms with E-state index in [9.17, 15) is 43.2 Å². The standard InChI is InChI=1S/C74H144O17P2/c1-7-9-11-13-15-17-18-19-24-27-33-39-45-51-57-72(77)85-63-70(91-73(78)58-52-46-40-34-28-25-22-20-21-23-26-31-36-42-48-54-66(3)4)65-89-93(82,83)87-61-68(75)60-86-92(80,81)88-64-69(62-84-71(76)56-50-44-38-16-14-12-10-8-2)90-74(79)59-53-47-41-35-30-29-32-37-43-49-55-67(5)6/h66-70,75H,7-65H2,1-6H3,(H,80,81)(H,82,83)/t68-,69+,70+/m0/s1. The average molecular weight is 1370 g/mol. The van der Waals surface area contributed by atoms with Gasteiger partial charge in [0, 0.05) is 25.7 Å². The molecule has 19 heteroatoms. The van der Waals surface area contributed by atoms with Crippen molar-refractivity contribution < 1.29 is 80.2 Å². The number of phosphoric ester groups is 2. The minimum atomic E-state index is -4.95. The van der Waals surface area contributed by atoms with Crippen LogP contribution in [0.3, 0.4) is 0 Å². The number of carbonyl (C=O) groups excluding carboxylic acids is 4. The predicted octanol–water partition coefficient (Wildman–Crippen LogP) is 21.6. The summed E-state index contributed by atoms with van der Waals surface area (Å²) in [6.07, 6.45) is 52.7. The monoisotopic (exact) mass is 1370 g/mol. The SMILES string of the molecule is CCCCCCCCCCCCCCCCC(=O)OC[C@H](COP(=O)(O)OC[C@@H](O)COP(=O)(O)OC[C@@H](COC(=O)CCCCCCCCCC)OC(=O)CCCCCCCCCCCCC(C)C)OC(=O)CCCCCCCCCCCCCCCCCC(C)C. The summed E-state index contributed by atoms with van der Waals surface area (Å²) < 4.78 is 68.4. The lowest BCUT2D eigenvalue weighted by Gasteiger charge is -2.21. The lowest BCUT2D eigenvalue weighted by atomic mass is 10.0. The molecule has 0 rings (SSSR count). The number of rotatable bonds is 73. The first kappa shape index (κ1) is 91.1. The molecule has 0 aliphatic carbocycles. The Balaban J connectivity index is 5.21. The second-order valence-corrected chi connectivity index (χ2v) is 30.5. The number of esters is 4. The van der Waals surface area contributed by atoms with Crippen molar-refractivity contribution in [2.45, 2.75) is 400 Å². The molecule has 0 saturated carbocycles. The Kier molecular flexibility index (Phi) is 64.6. The van der Waals surface area contributed by atoms with E-state index in [1.807, 2.05) is 0 Å². The molecule has 0 heterocycles. The topological polar surface area (TPSA) is 237 Å². The number of aliphatic hydroxyl groups excluding tert-OH is 1. The molecule has 0 radical (unpaired) electrons. The molecule has 93 heavy (non-hydrogen) atoms. The van der Waals surface area contributed by atoms with Crippen LogP contribution in [0.2, 0.25) is 0 Å². The fourth-order valence-electron chi connectivity index (χ4n) is 11.3. The highest BCUT2D eigenvalue weighted by molar-refractivity contribution is 7.47. The summed E-state index contributed by atoms with van der Waals surface area (Å²) in [6, 6.07) is 0. The van der Waals surface area contributed by atoms with E-state index in [-0.39, 0.29) is 25.7 Å². The quantitative estimate of drug-likeness (QED) is 0.0222. The van der Waals surface area contributed by atoms with Gasteiger partial charge in [-0.3, -0.25) is 37.3 Å². The third kappa shape index (κ3) is 68.4. The summed E-state index contributed by atoms with van der Waals surface area (Å²) in [5.41, 5.74) is 0. The van der Waals surface area contributed by atoms with E-state index < -0.39 is 97.5 Å². The van der Waals surface area contributed by atoms with Crippen molar-refractivity contribution in [2.24, 2.45) is 11.8 Å². The van der Waals surface area contributed by atoms with E-state index >= 15 is 0 Å². The third-order valence-electron chi connectivity index (χ3n) is 17.2. The highest BCUT2D eigenvalue weighted by Crippen LogP contribution is 2.45. The Hall–Kier alpha value is -1.94. The van der Waals surface area contributed by atoms with Crippen LogP contribution in [-0.4, -0.2) is 96.7 Å². The predicted molar refractivity (Wildman–Crippen MR) is 377 cm³/mol. The number of hydrogen-bond acceptors (Lipinski definition) is 15. The maximum atomic E-state index is 13.1. The Morgan fingerprint density at radius 2 is 0.495 bits per heavy atom.